The highest BCUT2D eigenvalue weighted by molar-refractivity contribution is 6.27. The molecule has 4 aromatic heterocycles. The summed E-state index contributed by atoms with van der Waals surface area (Å²) in [6, 6.07) is 73.0. The molecule has 0 saturated heterocycles. The summed E-state index contributed by atoms with van der Waals surface area (Å²) in [6.45, 7) is 0. The van der Waals surface area contributed by atoms with E-state index in [2.05, 4.69) is 209 Å². The lowest BCUT2D eigenvalue weighted by atomic mass is 10.0. The van der Waals surface area contributed by atoms with E-state index in [4.69, 9.17) is 14.4 Å². The largest absolute Gasteiger partial charge is 0.454 e. The maximum absolute atomic E-state index is 6.86. The Labute approximate surface area is 350 Å². The van der Waals surface area contributed by atoms with Crippen LogP contribution in [0.15, 0.2) is 211 Å². The van der Waals surface area contributed by atoms with Gasteiger partial charge >= 0.3 is 0 Å². The molecule has 0 fully saturated rings. The van der Waals surface area contributed by atoms with Gasteiger partial charge in [0.05, 0.1) is 33.3 Å². The summed E-state index contributed by atoms with van der Waals surface area (Å²) in [5.41, 5.74) is 14.4. The third kappa shape index (κ3) is 5.08. The standard InChI is InChI=1S/C56H34N4O/c1-3-14-35(15-4-1)37-26-28-38(29-27-37)51-47-22-7-10-23-48(47)57-56(58-51)60-49-24-11-8-20-41(49)43-30-31-44-45-32-33-46-42-21-9-12-25-50(42)61-55(46)54(45)59(52(44)53(43)60)40-19-13-18-39(34-40)36-16-5-2-6-17-36/h1-34H. The lowest BCUT2D eigenvalue weighted by Crippen LogP contribution is -2.05. The topological polar surface area (TPSA) is 48.8 Å². The first-order valence-corrected chi connectivity index (χ1v) is 20.7. The number of aromatic nitrogens is 4. The van der Waals surface area contributed by atoms with Crippen molar-refractivity contribution in [2.45, 2.75) is 0 Å². The summed E-state index contributed by atoms with van der Waals surface area (Å²) in [7, 11) is 0. The molecule has 13 aromatic rings. The predicted molar refractivity (Wildman–Crippen MR) is 252 cm³/mol. The van der Waals surface area contributed by atoms with Crippen LogP contribution in [0.1, 0.15) is 0 Å². The molecular weight excluding hydrogens is 745 g/mol. The number of hydrogen-bond acceptors (Lipinski definition) is 3. The van der Waals surface area contributed by atoms with Gasteiger partial charge in [-0.3, -0.25) is 4.57 Å². The monoisotopic (exact) mass is 778 g/mol. The van der Waals surface area contributed by atoms with Gasteiger partial charge in [0.15, 0.2) is 5.58 Å². The van der Waals surface area contributed by atoms with E-state index >= 15 is 0 Å². The van der Waals surface area contributed by atoms with Crippen LogP contribution in [-0.4, -0.2) is 19.1 Å². The lowest BCUT2D eigenvalue weighted by Gasteiger charge is -2.14. The van der Waals surface area contributed by atoms with E-state index < -0.39 is 0 Å². The Morgan fingerprint density at radius 2 is 0.902 bits per heavy atom. The van der Waals surface area contributed by atoms with Gasteiger partial charge in [0.25, 0.3) is 0 Å². The highest BCUT2D eigenvalue weighted by Gasteiger charge is 2.25. The number of rotatable bonds is 5. The lowest BCUT2D eigenvalue weighted by molar-refractivity contribution is 0.671. The molecule has 0 aliphatic carbocycles. The number of hydrogen-bond donors (Lipinski definition) is 0. The minimum Gasteiger partial charge on any atom is -0.454 e. The van der Waals surface area contributed by atoms with Crippen molar-refractivity contribution in [1.82, 2.24) is 19.1 Å². The molecule has 0 amide bonds. The molecule has 284 valence electrons. The second kappa shape index (κ2) is 13.1. The Balaban J connectivity index is 1.16. The van der Waals surface area contributed by atoms with Crippen molar-refractivity contribution in [1.29, 1.82) is 0 Å². The van der Waals surface area contributed by atoms with Gasteiger partial charge in [0.2, 0.25) is 5.95 Å². The van der Waals surface area contributed by atoms with Crippen LogP contribution in [0.5, 0.6) is 0 Å². The molecule has 0 N–H and O–H groups in total. The molecular formula is C56H34N4O. The Hall–Kier alpha value is -8.28. The summed E-state index contributed by atoms with van der Waals surface area (Å²) in [5.74, 6) is 0.614. The van der Waals surface area contributed by atoms with Crippen LogP contribution >= 0.6 is 0 Å². The van der Waals surface area contributed by atoms with Crippen molar-refractivity contribution < 1.29 is 4.42 Å². The molecule has 0 atom stereocenters. The van der Waals surface area contributed by atoms with Gasteiger partial charge in [0, 0.05) is 49.0 Å². The van der Waals surface area contributed by atoms with Crippen LogP contribution in [-0.2, 0) is 0 Å². The molecule has 13 rings (SSSR count). The van der Waals surface area contributed by atoms with E-state index in [9.17, 15) is 0 Å². The molecule has 0 radical (unpaired) electrons. The first-order valence-electron chi connectivity index (χ1n) is 20.7. The predicted octanol–water partition coefficient (Wildman–Crippen LogP) is 14.7. The van der Waals surface area contributed by atoms with Crippen LogP contribution in [0, 0.1) is 0 Å². The maximum Gasteiger partial charge on any atom is 0.235 e. The van der Waals surface area contributed by atoms with Crippen LogP contribution in [0.25, 0.3) is 122 Å². The Morgan fingerprint density at radius 3 is 1.69 bits per heavy atom. The van der Waals surface area contributed by atoms with Crippen molar-refractivity contribution in [3.05, 3.63) is 206 Å². The highest BCUT2D eigenvalue weighted by Crippen LogP contribution is 2.45. The second-order valence-corrected chi connectivity index (χ2v) is 15.7. The number of benzene rings is 9. The first kappa shape index (κ1) is 33.7. The zero-order valence-electron chi connectivity index (χ0n) is 32.8. The zero-order chi connectivity index (χ0) is 40.0. The van der Waals surface area contributed by atoms with Gasteiger partial charge in [-0.2, -0.15) is 0 Å². The summed E-state index contributed by atoms with van der Waals surface area (Å²) in [5, 5.41) is 7.68. The van der Waals surface area contributed by atoms with Crippen molar-refractivity contribution in [3.8, 4) is 45.1 Å². The summed E-state index contributed by atoms with van der Waals surface area (Å²) >= 11 is 0. The fourth-order valence-electron chi connectivity index (χ4n) is 9.57. The molecule has 0 aliphatic rings. The first-order chi connectivity index (χ1) is 30.3. The van der Waals surface area contributed by atoms with Gasteiger partial charge in [-0.15, -0.1) is 0 Å². The molecule has 0 saturated carbocycles. The average Bonchev–Trinajstić information content (AvgIpc) is 4.00. The van der Waals surface area contributed by atoms with Gasteiger partial charge in [-0.25, -0.2) is 9.97 Å². The Bertz CT molecular complexity index is 3860. The number of furan rings is 1. The van der Waals surface area contributed by atoms with Crippen LogP contribution in [0.4, 0.5) is 0 Å². The maximum atomic E-state index is 6.86. The van der Waals surface area contributed by atoms with Crippen molar-refractivity contribution in [3.63, 3.8) is 0 Å². The molecule has 9 aromatic carbocycles. The van der Waals surface area contributed by atoms with Crippen molar-refractivity contribution in [2.75, 3.05) is 0 Å². The van der Waals surface area contributed by atoms with Crippen LogP contribution < -0.4 is 0 Å². The minimum atomic E-state index is 0.614. The highest BCUT2D eigenvalue weighted by atomic mass is 16.3. The quantitative estimate of drug-likeness (QED) is 0.175. The van der Waals surface area contributed by atoms with Crippen LogP contribution in [0.3, 0.4) is 0 Å². The van der Waals surface area contributed by atoms with E-state index in [1.165, 1.54) is 5.56 Å². The van der Waals surface area contributed by atoms with Gasteiger partial charge in [0.1, 0.15) is 5.58 Å². The minimum absolute atomic E-state index is 0.614. The van der Waals surface area contributed by atoms with Gasteiger partial charge in [-0.05, 0) is 58.7 Å². The fraction of sp³-hybridized carbons (Fsp3) is 0. The molecule has 0 unspecified atom stereocenters. The number of nitrogens with zero attached hydrogens (tertiary/aromatic N) is 4. The average molecular weight is 779 g/mol. The van der Waals surface area contributed by atoms with Crippen molar-refractivity contribution in [2.24, 2.45) is 0 Å². The number of fused-ring (bicyclic) bond motifs is 12. The molecule has 0 aliphatic heterocycles. The summed E-state index contributed by atoms with van der Waals surface area (Å²) in [6.07, 6.45) is 0. The van der Waals surface area contributed by atoms with E-state index in [0.29, 0.717) is 5.95 Å². The molecule has 5 heteroatoms. The third-order valence-electron chi connectivity index (χ3n) is 12.3. The van der Waals surface area contributed by atoms with E-state index in [1.54, 1.807) is 0 Å². The van der Waals surface area contributed by atoms with E-state index in [-0.39, 0.29) is 0 Å². The molecule has 5 nitrogen and oxygen atoms in total. The van der Waals surface area contributed by atoms with Crippen LogP contribution in [0.2, 0.25) is 0 Å². The summed E-state index contributed by atoms with van der Waals surface area (Å²) in [4.78, 5) is 10.9. The SMILES string of the molecule is c1ccc(-c2ccc(-c3nc(-n4c5ccccc5c5ccc6c7ccc8c9ccccc9oc8c7n(-c7cccc(-c8ccccc8)c7)c6c54)nc4ccccc34)cc2)cc1. The number of para-hydroxylation sites is 3. The Kier molecular flexibility index (Phi) is 7.24. The van der Waals surface area contributed by atoms with Gasteiger partial charge < -0.3 is 8.98 Å². The smallest absolute Gasteiger partial charge is 0.235 e. The molecule has 61 heavy (non-hydrogen) atoms. The molecule has 0 spiro atoms. The molecule has 0 bridgehead atoms. The van der Waals surface area contributed by atoms with E-state index in [1.807, 2.05) is 6.07 Å². The summed E-state index contributed by atoms with van der Waals surface area (Å²) < 4.78 is 11.6. The van der Waals surface area contributed by atoms with Crippen molar-refractivity contribution >= 4 is 76.5 Å². The van der Waals surface area contributed by atoms with E-state index in [0.717, 1.165) is 110 Å². The third-order valence-corrected chi connectivity index (χ3v) is 12.3. The van der Waals surface area contributed by atoms with Gasteiger partial charge in [-0.1, -0.05) is 170 Å². The fourth-order valence-corrected chi connectivity index (χ4v) is 9.57. The normalized spacial score (nSPS) is 11.9. The second-order valence-electron chi connectivity index (χ2n) is 15.7. The molecule has 4 heterocycles. The zero-order valence-corrected chi connectivity index (χ0v) is 32.8. The Morgan fingerprint density at radius 1 is 0.344 bits per heavy atom.